The number of thioether (sulfide) groups is 1. The molecule has 0 unspecified atom stereocenters. The van der Waals surface area contributed by atoms with Gasteiger partial charge in [0.05, 0.1) is 11.9 Å². The van der Waals surface area contributed by atoms with Crippen LogP contribution in [-0.4, -0.2) is 10.7 Å². The number of pyridine rings is 1. The Morgan fingerprint density at radius 3 is 2.91 bits per heavy atom. The molecular weight excluding hydrogens is 161 g/mol. The smallest absolute Gasteiger partial charge is 0.141 e. The number of rotatable bonds is 3. The molecule has 60 valence electrons. The zero-order chi connectivity index (χ0) is 8.10. The summed E-state index contributed by atoms with van der Waals surface area (Å²) in [5.74, 6) is 1.67. The maximum absolute atomic E-state index is 12.3. The van der Waals surface area contributed by atoms with Crippen LogP contribution >= 0.6 is 11.8 Å². The van der Waals surface area contributed by atoms with Crippen molar-refractivity contribution in [3.8, 4) is 0 Å². The summed E-state index contributed by atoms with van der Waals surface area (Å²) in [5, 5.41) is 0. The van der Waals surface area contributed by atoms with Crippen molar-refractivity contribution < 1.29 is 4.39 Å². The van der Waals surface area contributed by atoms with E-state index in [1.54, 1.807) is 17.8 Å². The van der Waals surface area contributed by atoms with E-state index in [0.29, 0.717) is 0 Å². The van der Waals surface area contributed by atoms with Crippen LogP contribution in [0.3, 0.4) is 0 Å². The monoisotopic (exact) mass is 171 g/mol. The SMILES string of the molecule is CCSCc1ccc(F)cn1. The Hall–Kier alpha value is -0.570. The molecular formula is C8H10FNS. The second-order valence-electron chi connectivity index (χ2n) is 2.10. The van der Waals surface area contributed by atoms with Crippen molar-refractivity contribution in [3.05, 3.63) is 29.8 Å². The Balaban J connectivity index is 2.52. The molecule has 3 heteroatoms. The molecule has 0 aliphatic rings. The van der Waals surface area contributed by atoms with E-state index in [4.69, 9.17) is 0 Å². The summed E-state index contributed by atoms with van der Waals surface area (Å²) >= 11 is 1.78. The highest BCUT2D eigenvalue weighted by Crippen LogP contribution is 2.08. The molecule has 0 fully saturated rings. The van der Waals surface area contributed by atoms with Gasteiger partial charge in [-0.05, 0) is 17.9 Å². The average molecular weight is 171 g/mol. The minimum atomic E-state index is -0.268. The van der Waals surface area contributed by atoms with Gasteiger partial charge in [-0.2, -0.15) is 11.8 Å². The largest absolute Gasteiger partial charge is 0.257 e. The van der Waals surface area contributed by atoms with Gasteiger partial charge in [0.25, 0.3) is 0 Å². The fraction of sp³-hybridized carbons (Fsp3) is 0.375. The van der Waals surface area contributed by atoms with E-state index in [1.807, 2.05) is 0 Å². The zero-order valence-corrected chi connectivity index (χ0v) is 7.20. The minimum absolute atomic E-state index is 0.268. The highest BCUT2D eigenvalue weighted by Gasteiger charge is 1.93. The van der Waals surface area contributed by atoms with Crippen molar-refractivity contribution in [2.75, 3.05) is 5.75 Å². The van der Waals surface area contributed by atoms with Gasteiger partial charge in [-0.1, -0.05) is 6.92 Å². The van der Waals surface area contributed by atoms with Crippen molar-refractivity contribution in [1.29, 1.82) is 0 Å². The normalized spacial score (nSPS) is 10.0. The van der Waals surface area contributed by atoms with Gasteiger partial charge in [0.2, 0.25) is 0 Å². The predicted octanol–water partition coefficient (Wildman–Crippen LogP) is 2.47. The van der Waals surface area contributed by atoms with Gasteiger partial charge < -0.3 is 0 Å². The Bertz CT molecular complexity index is 210. The molecule has 0 spiro atoms. The number of halogens is 1. The average Bonchev–Trinajstić information content (AvgIpc) is 2.04. The van der Waals surface area contributed by atoms with Gasteiger partial charge in [-0.3, -0.25) is 4.98 Å². The summed E-state index contributed by atoms with van der Waals surface area (Å²) < 4.78 is 12.3. The van der Waals surface area contributed by atoms with Gasteiger partial charge in [0.1, 0.15) is 5.82 Å². The van der Waals surface area contributed by atoms with Crippen LogP contribution in [-0.2, 0) is 5.75 Å². The van der Waals surface area contributed by atoms with E-state index < -0.39 is 0 Å². The number of hydrogen-bond donors (Lipinski definition) is 0. The maximum atomic E-state index is 12.3. The highest BCUT2D eigenvalue weighted by atomic mass is 32.2. The van der Waals surface area contributed by atoms with Crippen molar-refractivity contribution >= 4 is 11.8 Å². The lowest BCUT2D eigenvalue weighted by Crippen LogP contribution is -1.87. The van der Waals surface area contributed by atoms with Crippen LogP contribution in [0.5, 0.6) is 0 Å². The molecule has 0 saturated carbocycles. The second kappa shape index (κ2) is 4.34. The van der Waals surface area contributed by atoms with Gasteiger partial charge in [-0.15, -0.1) is 0 Å². The highest BCUT2D eigenvalue weighted by molar-refractivity contribution is 7.98. The van der Waals surface area contributed by atoms with Crippen LogP contribution in [0.25, 0.3) is 0 Å². The predicted molar refractivity (Wildman–Crippen MR) is 46.0 cm³/mol. The molecule has 0 radical (unpaired) electrons. The Morgan fingerprint density at radius 1 is 1.55 bits per heavy atom. The molecule has 1 aromatic heterocycles. The van der Waals surface area contributed by atoms with Crippen LogP contribution in [0.2, 0.25) is 0 Å². The van der Waals surface area contributed by atoms with E-state index in [1.165, 1.54) is 12.3 Å². The van der Waals surface area contributed by atoms with Crippen LogP contribution in [0.4, 0.5) is 4.39 Å². The van der Waals surface area contributed by atoms with Crippen molar-refractivity contribution in [3.63, 3.8) is 0 Å². The first-order valence-corrected chi connectivity index (χ1v) is 4.66. The molecule has 0 aromatic carbocycles. The molecule has 1 nitrogen and oxygen atoms in total. The van der Waals surface area contributed by atoms with Crippen molar-refractivity contribution in [1.82, 2.24) is 4.98 Å². The lowest BCUT2D eigenvalue weighted by Gasteiger charge is -1.96. The third-order valence-electron chi connectivity index (χ3n) is 1.24. The van der Waals surface area contributed by atoms with Crippen molar-refractivity contribution in [2.45, 2.75) is 12.7 Å². The lowest BCUT2D eigenvalue weighted by molar-refractivity contribution is 0.620. The molecule has 0 atom stereocenters. The standard InChI is InChI=1S/C8H10FNS/c1-2-11-6-8-4-3-7(9)5-10-8/h3-5H,2,6H2,1H3. The van der Waals surface area contributed by atoms with E-state index in [9.17, 15) is 4.39 Å². The summed E-state index contributed by atoms with van der Waals surface area (Å²) in [6, 6.07) is 3.16. The lowest BCUT2D eigenvalue weighted by atomic mass is 10.4. The van der Waals surface area contributed by atoms with Crippen LogP contribution in [0, 0.1) is 5.82 Å². The summed E-state index contributed by atoms with van der Waals surface area (Å²) in [5.41, 5.74) is 0.943. The van der Waals surface area contributed by atoms with E-state index in [2.05, 4.69) is 11.9 Å². The fourth-order valence-corrected chi connectivity index (χ4v) is 1.28. The second-order valence-corrected chi connectivity index (χ2v) is 3.38. The summed E-state index contributed by atoms with van der Waals surface area (Å²) in [6.45, 7) is 2.09. The summed E-state index contributed by atoms with van der Waals surface area (Å²) in [7, 11) is 0. The number of hydrogen-bond acceptors (Lipinski definition) is 2. The minimum Gasteiger partial charge on any atom is -0.257 e. The van der Waals surface area contributed by atoms with Crippen LogP contribution in [0.1, 0.15) is 12.6 Å². The Labute approximate surface area is 70.0 Å². The Kier molecular flexibility index (Phi) is 3.36. The van der Waals surface area contributed by atoms with Crippen molar-refractivity contribution in [2.24, 2.45) is 0 Å². The molecule has 0 amide bonds. The molecule has 0 N–H and O–H groups in total. The fourth-order valence-electron chi connectivity index (χ4n) is 0.698. The molecule has 1 rings (SSSR count). The van der Waals surface area contributed by atoms with Gasteiger partial charge in [0, 0.05) is 5.75 Å². The molecule has 0 aliphatic heterocycles. The molecule has 0 saturated heterocycles. The number of nitrogens with zero attached hydrogens (tertiary/aromatic N) is 1. The molecule has 11 heavy (non-hydrogen) atoms. The van der Waals surface area contributed by atoms with Gasteiger partial charge in [0.15, 0.2) is 0 Å². The van der Waals surface area contributed by atoms with Gasteiger partial charge in [-0.25, -0.2) is 4.39 Å². The van der Waals surface area contributed by atoms with Gasteiger partial charge >= 0.3 is 0 Å². The van der Waals surface area contributed by atoms with Crippen LogP contribution in [0.15, 0.2) is 18.3 Å². The molecule has 1 aromatic rings. The quantitative estimate of drug-likeness (QED) is 0.693. The maximum Gasteiger partial charge on any atom is 0.141 e. The summed E-state index contributed by atoms with van der Waals surface area (Å²) in [6.07, 6.45) is 1.26. The number of aromatic nitrogens is 1. The molecule has 0 bridgehead atoms. The topological polar surface area (TPSA) is 12.9 Å². The first kappa shape index (κ1) is 8.53. The molecule has 0 aliphatic carbocycles. The third-order valence-corrected chi connectivity index (χ3v) is 2.15. The van der Waals surface area contributed by atoms with E-state index in [-0.39, 0.29) is 5.82 Å². The first-order chi connectivity index (χ1) is 5.33. The third kappa shape index (κ3) is 2.89. The van der Waals surface area contributed by atoms with E-state index in [0.717, 1.165) is 17.2 Å². The van der Waals surface area contributed by atoms with Crippen LogP contribution < -0.4 is 0 Å². The first-order valence-electron chi connectivity index (χ1n) is 3.51. The van der Waals surface area contributed by atoms with E-state index >= 15 is 0 Å². The Morgan fingerprint density at radius 2 is 2.36 bits per heavy atom. The zero-order valence-electron chi connectivity index (χ0n) is 6.38. The molecule has 1 heterocycles. The summed E-state index contributed by atoms with van der Waals surface area (Å²) in [4.78, 5) is 3.92.